The molecule has 0 unspecified atom stereocenters. The molecule has 0 saturated carbocycles. The number of ether oxygens (including phenoxy) is 1. The van der Waals surface area contributed by atoms with E-state index in [2.05, 4.69) is 10.6 Å². The molecule has 0 aliphatic carbocycles. The van der Waals surface area contributed by atoms with Gasteiger partial charge in [0.05, 0.1) is 20.2 Å². The van der Waals surface area contributed by atoms with Crippen molar-refractivity contribution in [2.24, 2.45) is 0 Å². The molecule has 0 heterocycles. The van der Waals surface area contributed by atoms with E-state index in [0.717, 1.165) is 11.3 Å². The Kier molecular flexibility index (Phi) is 7.25. The number of rotatable bonds is 8. The highest BCUT2D eigenvalue weighted by molar-refractivity contribution is 5.85. The highest BCUT2D eigenvalue weighted by atomic mass is 16.5. The number of benzene rings is 1. The molecular formula is C15H23N3O3. The summed E-state index contributed by atoms with van der Waals surface area (Å²) in [6.45, 7) is 3.31. The van der Waals surface area contributed by atoms with Gasteiger partial charge in [0.2, 0.25) is 11.8 Å². The summed E-state index contributed by atoms with van der Waals surface area (Å²) in [6, 6.07) is 7.69. The van der Waals surface area contributed by atoms with Crippen molar-refractivity contribution in [1.29, 1.82) is 0 Å². The van der Waals surface area contributed by atoms with Gasteiger partial charge in [0.1, 0.15) is 5.75 Å². The van der Waals surface area contributed by atoms with Crippen LogP contribution < -0.4 is 15.4 Å². The van der Waals surface area contributed by atoms with Crippen LogP contribution in [0.1, 0.15) is 12.5 Å². The Bertz CT molecular complexity index is 460. The highest BCUT2D eigenvalue weighted by Gasteiger charge is 2.08. The fourth-order valence-corrected chi connectivity index (χ4v) is 1.84. The third-order valence-corrected chi connectivity index (χ3v) is 2.85. The first-order chi connectivity index (χ1) is 10.0. The molecule has 116 valence electrons. The van der Waals surface area contributed by atoms with Gasteiger partial charge in [-0.05, 0) is 31.7 Å². The summed E-state index contributed by atoms with van der Waals surface area (Å²) >= 11 is 0. The van der Waals surface area contributed by atoms with Gasteiger partial charge in [-0.1, -0.05) is 12.1 Å². The molecule has 2 amide bonds. The van der Waals surface area contributed by atoms with Gasteiger partial charge in [-0.25, -0.2) is 0 Å². The molecule has 1 rings (SSSR count). The Balaban J connectivity index is 2.33. The minimum atomic E-state index is -0.177. The zero-order valence-electron chi connectivity index (χ0n) is 12.8. The molecule has 0 radical (unpaired) electrons. The predicted octanol–water partition coefficient (Wildman–Crippen LogP) is 0.379. The fourth-order valence-electron chi connectivity index (χ4n) is 1.84. The SMILES string of the molecule is CCNC(=O)CNC(=O)CN(C)Cc1ccc(OC)cc1. The van der Waals surface area contributed by atoms with Gasteiger partial charge in [0, 0.05) is 13.1 Å². The molecule has 21 heavy (non-hydrogen) atoms. The summed E-state index contributed by atoms with van der Waals surface area (Å²) in [5, 5.41) is 5.22. The number of nitrogens with one attached hydrogen (secondary N) is 2. The quantitative estimate of drug-likeness (QED) is 0.727. The van der Waals surface area contributed by atoms with Crippen LogP contribution in [0, 0.1) is 0 Å². The van der Waals surface area contributed by atoms with E-state index in [1.165, 1.54) is 0 Å². The molecule has 0 fully saturated rings. The third kappa shape index (κ3) is 6.76. The van der Waals surface area contributed by atoms with Gasteiger partial charge in [-0.15, -0.1) is 0 Å². The second-order valence-corrected chi connectivity index (χ2v) is 4.75. The van der Waals surface area contributed by atoms with E-state index in [4.69, 9.17) is 4.74 Å². The number of nitrogens with zero attached hydrogens (tertiary/aromatic N) is 1. The second kappa shape index (κ2) is 8.97. The van der Waals surface area contributed by atoms with Crippen LogP contribution in [0.4, 0.5) is 0 Å². The third-order valence-electron chi connectivity index (χ3n) is 2.85. The maximum Gasteiger partial charge on any atom is 0.239 e. The first kappa shape index (κ1) is 17.0. The van der Waals surface area contributed by atoms with Gasteiger partial charge in [-0.3, -0.25) is 14.5 Å². The van der Waals surface area contributed by atoms with Crippen molar-refractivity contribution in [3.8, 4) is 5.75 Å². The summed E-state index contributed by atoms with van der Waals surface area (Å²) in [6.07, 6.45) is 0. The summed E-state index contributed by atoms with van der Waals surface area (Å²) in [5.41, 5.74) is 1.09. The van der Waals surface area contributed by atoms with Gasteiger partial charge in [0.25, 0.3) is 0 Å². The molecular weight excluding hydrogens is 270 g/mol. The Hall–Kier alpha value is -2.08. The van der Waals surface area contributed by atoms with Crippen molar-refractivity contribution >= 4 is 11.8 Å². The molecule has 6 heteroatoms. The average Bonchev–Trinajstić information content (AvgIpc) is 2.46. The lowest BCUT2D eigenvalue weighted by Gasteiger charge is -2.16. The van der Waals surface area contributed by atoms with Crippen LogP contribution in [0.5, 0.6) is 5.75 Å². The maximum absolute atomic E-state index is 11.7. The lowest BCUT2D eigenvalue weighted by molar-refractivity contribution is -0.126. The average molecular weight is 293 g/mol. The van der Waals surface area contributed by atoms with Crippen LogP contribution in [0.25, 0.3) is 0 Å². The number of carbonyl (C=O) groups excluding carboxylic acids is 2. The van der Waals surface area contributed by atoms with Gasteiger partial charge < -0.3 is 15.4 Å². The zero-order chi connectivity index (χ0) is 15.7. The molecule has 0 spiro atoms. The normalized spacial score (nSPS) is 10.3. The number of methoxy groups -OCH3 is 1. The highest BCUT2D eigenvalue weighted by Crippen LogP contribution is 2.12. The number of amides is 2. The standard InChI is InChI=1S/C15H23N3O3/c1-4-16-14(19)9-17-15(20)11-18(2)10-12-5-7-13(21-3)8-6-12/h5-8H,4,9-11H2,1-3H3,(H,16,19)(H,17,20). The van der Waals surface area contributed by atoms with Gasteiger partial charge in [-0.2, -0.15) is 0 Å². The van der Waals surface area contributed by atoms with Crippen LogP contribution in [-0.4, -0.2) is 50.5 Å². The van der Waals surface area contributed by atoms with E-state index >= 15 is 0 Å². The smallest absolute Gasteiger partial charge is 0.239 e. The second-order valence-electron chi connectivity index (χ2n) is 4.75. The van der Waals surface area contributed by atoms with E-state index < -0.39 is 0 Å². The molecule has 0 aromatic heterocycles. The maximum atomic E-state index is 11.7. The zero-order valence-corrected chi connectivity index (χ0v) is 12.8. The summed E-state index contributed by atoms with van der Waals surface area (Å²) in [4.78, 5) is 24.8. The summed E-state index contributed by atoms with van der Waals surface area (Å²) in [7, 11) is 3.48. The number of hydrogen-bond acceptors (Lipinski definition) is 4. The van der Waals surface area contributed by atoms with Crippen molar-refractivity contribution < 1.29 is 14.3 Å². The number of carbonyl (C=O) groups is 2. The number of likely N-dealkylation sites (N-methyl/N-ethyl adjacent to an activating group) is 2. The fraction of sp³-hybridized carbons (Fsp3) is 0.467. The van der Waals surface area contributed by atoms with E-state index in [-0.39, 0.29) is 24.9 Å². The van der Waals surface area contributed by atoms with Crippen molar-refractivity contribution in [2.45, 2.75) is 13.5 Å². The van der Waals surface area contributed by atoms with Crippen LogP contribution >= 0.6 is 0 Å². The van der Waals surface area contributed by atoms with E-state index in [1.54, 1.807) is 7.11 Å². The van der Waals surface area contributed by atoms with E-state index in [9.17, 15) is 9.59 Å². The van der Waals surface area contributed by atoms with Crippen LogP contribution in [0.3, 0.4) is 0 Å². The van der Waals surface area contributed by atoms with E-state index in [1.807, 2.05) is 43.1 Å². The Labute approximate surface area is 125 Å². The molecule has 0 atom stereocenters. The topological polar surface area (TPSA) is 70.7 Å². The molecule has 2 N–H and O–H groups in total. The Morgan fingerprint density at radius 3 is 2.38 bits per heavy atom. The van der Waals surface area contributed by atoms with Crippen LogP contribution in [0.15, 0.2) is 24.3 Å². The molecule has 0 bridgehead atoms. The number of hydrogen-bond donors (Lipinski definition) is 2. The summed E-state index contributed by atoms with van der Waals surface area (Å²) in [5.74, 6) is 0.460. The van der Waals surface area contributed by atoms with Crippen molar-refractivity contribution in [3.05, 3.63) is 29.8 Å². The first-order valence-corrected chi connectivity index (χ1v) is 6.90. The molecule has 0 saturated heterocycles. The molecule has 0 aliphatic heterocycles. The monoisotopic (exact) mass is 293 g/mol. The van der Waals surface area contributed by atoms with Crippen LogP contribution in [0.2, 0.25) is 0 Å². The van der Waals surface area contributed by atoms with E-state index in [0.29, 0.717) is 13.1 Å². The Morgan fingerprint density at radius 2 is 1.81 bits per heavy atom. The molecule has 6 nitrogen and oxygen atoms in total. The minimum absolute atomic E-state index is 0.0169. The minimum Gasteiger partial charge on any atom is -0.497 e. The van der Waals surface area contributed by atoms with Crippen molar-refractivity contribution in [1.82, 2.24) is 15.5 Å². The molecule has 1 aromatic carbocycles. The Morgan fingerprint density at radius 1 is 1.14 bits per heavy atom. The van der Waals surface area contributed by atoms with Gasteiger partial charge >= 0.3 is 0 Å². The predicted molar refractivity (Wildman–Crippen MR) is 81.0 cm³/mol. The lowest BCUT2D eigenvalue weighted by Crippen LogP contribution is -2.41. The van der Waals surface area contributed by atoms with Crippen LogP contribution in [-0.2, 0) is 16.1 Å². The first-order valence-electron chi connectivity index (χ1n) is 6.90. The largest absolute Gasteiger partial charge is 0.497 e. The molecule has 1 aromatic rings. The molecule has 0 aliphatic rings. The van der Waals surface area contributed by atoms with Crippen molar-refractivity contribution in [3.63, 3.8) is 0 Å². The van der Waals surface area contributed by atoms with Crippen molar-refractivity contribution in [2.75, 3.05) is 33.8 Å². The van der Waals surface area contributed by atoms with Gasteiger partial charge in [0.15, 0.2) is 0 Å². The summed E-state index contributed by atoms with van der Waals surface area (Å²) < 4.78 is 5.10. The lowest BCUT2D eigenvalue weighted by atomic mass is 10.2.